The molecule has 4 nitrogen and oxygen atoms in total. The van der Waals surface area contributed by atoms with Gasteiger partial charge in [-0.1, -0.05) is 0 Å². The van der Waals surface area contributed by atoms with Crippen molar-refractivity contribution in [1.82, 2.24) is 10.3 Å². The van der Waals surface area contributed by atoms with Crippen LogP contribution in [0.5, 0.6) is 0 Å². The van der Waals surface area contributed by atoms with Crippen molar-refractivity contribution in [2.75, 3.05) is 13.2 Å². The van der Waals surface area contributed by atoms with Crippen LogP contribution in [0.4, 0.5) is 4.39 Å². The Bertz CT molecular complexity index is 420. The van der Waals surface area contributed by atoms with E-state index in [4.69, 9.17) is 4.74 Å². The summed E-state index contributed by atoms with van der Waals surface area (Å²) in [7, 11) is 0. The Morgan fingerprint density at radius 3 is 3.16 bits per heavy atom. The highest BCUT2D eigenvalue weighted by Crippen LogP contribution is 2.17. The van der Waals surface area contributed by atoms with Crippen LogP contribution >= 0.6 is 0 Å². The fourth-order valence-corrected chi connectivity index (χ4v) is 2.23. The number of hydrogen-bond donors (Lipinski definition) is 1. The summed E-state index contributed by atoms with van der Waals surface area (Å²) in [6.45, 7) is 1.44. The fourth-order valence-electron chi connectivity index (χ4n) is 2.23. The topological polar surface area (TPSA) is 51.2 Å². The van der Waals surface area contributed by atoms with Crippen LogP contribution in [0.3, 0.4) is 0 Å². The Balaban J connectivity index is 1.62. The molecule has 19 heavy (non-hydrogen) atoms. The van der Waals surface area contributed by atoms with E-state index >= 15 is 0 Å². The van der Waals surface area contributed by atoms with Gasteiger partial charge in [0.25, 0.3) is 5.91 Å². The van der Waals surface area contributed by atoms with Crippen molar-refractivity contribution in [1.29, 1.82) is 0 Å². The molecule has 0 saturated carbocycles. The molecular weight excluding hydrogens is 247 g/mol. The zero-order valence-corrected chi connectivity index (χ0v) is 10.9. The summed E-state index contributed by atoms with van der Waals surface area (Å²) in [5.74, 6) is -0.962. The summed E-state index contributed by atoms with van der Waals surface area (Å²) in [6, 6.07) is 1.39. The van der Waals surface area contributed by atoms with E-state index in [9.17, 15) is 9.18 Å². The molecule has 1 amide bonds. The van der Waals surface area contributed by atoms with Crippen LogP contribution in [0.2, 0.25) is 0 Å². The first-order valence-corrected chi connectivity index (χ1v) is 6.76. The molecular formula is C14H19FN2O2. The molecule has 0 aromatic carbocycles. The molecule has 1 N–H and O–H groups in total. The molecule has 104 valence electrons. The lowest BCUT2D eigenvalue weighted by molar-refractivity contribution is 0.0943. The normalized spacial score (nSPS) is 18.5. The first-order valence-electron chi connectivity index (χ1n) is 6.76. The maximum absolute atomic E-state index is 13.3. The molecule has 1 fully saturated rings. The average Bonchev–Trinajstić information content (AvgIpc) is 2.92. The molecule has 2 rings (SSSR count). The van der Waals surface area contributed by atoms with Crippen LogP contribution < -0.4 is 5.32 Å². The zero-order chi connectivity index (χ0) is 13.5. The van der Waals surface area contributed by atoms with E-state index in [1.54, 1.807) is 0 Å². The minimum atomic E-state index is -0.584. The molecule has 1 aromatic rings. The number of aromatic nitrogens is 1. The Hall–Kier alpha value is -1.49. The third kappa shape index (κ3) is 4.28. The maximum atomic E-state index is 13.3. The molecule has 2 heterocycles. The van der Waals surface area contributed by atoms with E-state index in [1.165, 1.54) is 12.3 Å². The predicted molar refractivity (Wildman–Crippen MR) is 69.4 cm³/mol. The van der Waals surface area contributed by atoms with Crippen molar-refractivity contribution < 1.29 is 13.9 Å². The van der Waals surface area contributed by atoms with Gasteiger partial charge in [-0.15, -0.1) is 0 Å². The molecule has 1 aromatic heterocycles. The number of amides is 1. The highest BCUT2D eigenvalue weighted by molar-refractivity contribution is 5.94. The van der Waals surface area contributed by atoms with E-state index in [2.05, 4.69) is 10.3 Å². The van der Waals surface area contributed by atoms with Gasteiger partial charge in [0.2, 0.25) is 0 Å². The molecule has 1 saturated heterocycles. The second-order valence-electron chi connectivity index (χ2n) is 4.74. The minimum Gasteiger partial charge on any atom is -0.378 e. The number of nitrogens with one attached hydrogen (secondary N) is 1. The van der Waals surface area contributed by atoms with Gasteiger partial charge in [-0.2, -0.15) is 0 Å². The molecule has 1 aliphatic rings. The lowest BCUT2D eigenvalue weighted by Gasteiger charge is -2.09. The van der Waals surface area contributed by atoms with E-state index in [1.807, 2.05) is 0 Å². The zero-order valence-electron chi connectivity index (χ0n) is 10.9. The van der Waals surface area contributed by atoms with Crippen molar-refractivity contribution in [2.24, 2.45) is 0 Å². The van der Waals surface area contributed by atoms with Crippen LogP contribution in [-0.2, 0) is 4.74 Å². The van der Waals surface area contributed by atoms with E-state index in [0.29, 0.717) is 12.6 Å². The van der Waals surface area contributed by atoms with Crippen LogP contribution in [0, 0.1) is 5.82 Å². The number of carbonyl (C=O) groups is 1. The lowest BCUT2D eigenvalue weighted by atomic mass is 10.1. The van der Waals surface area contributed by atoms with Crippen molar-refractivity contribution >= 4 is 5.91 Å². The van der Waals surface area contributed by atoms with Gasteiger partial charge in [0, 0.05) is 19.3 Å². The van der Waals surface area contributed by atoms with E-state index < -0.39 is 5.82 Å². The molecule has 0 spiro atoms. The predicted octanol–water partition coefficient (Wildman–Crippen LogP) is 2.30. The molecule has 1 aliphatic heterocycles. The smallest absolute Gasteiger partial charge is 0.254 e. The third-order valence-corrected chi connectivity index (χ3v) is 3.28. The molecule has 1 atom stereocenters. The fraction of sp³-hybridized carbons (Fsp3) is 0.571. The summed E-state index contributed by atoms with van der Waals surface area (Å²) in [5, 5.41) is 2.72. The Labute approximate surface area is 112 Å². The van der Waals surface area contributed by atoms with E-state index in [0.717, 1.165) is 44.9 Å². The highest BCUT2D eigenvalue weighted by atomic mass is 19.1. The summed E-state index contributed by atoms with van der Waals surface area (Å²) < 4.78 is 18.8. The quantitative estimate of drug-likeness (QED) is 0.804. The van der Waals surface area contributed by atoms with Crippen LogP contribution in [-0.4, -0.2) is 30.1 Å². The second-order valence-corrected chi connectivity index (χ2v) is 4.74. The SMILES string of the molecule is O=C(NCCCC[C@H]1CCCO1)c1ccncc1F. The number of unbranched alkanes of at least 4 members (excludes halogenated alkanes) is 1. The standard InChI is InChI=1S/C14H19FN2O2/c15-13-10-16-8-6-12(13)14(18)17-7-2-1-4-11-5-3-9-19-11/h6,8,10-11H,1-5,7,9H2,(H,17,18)/t11-/m0/s1. The summed E-state index contributed by atoms with van der Waals surface area (Å²) >= 11 is 0. The maximum Gasteiger partial charge on any atom is 0.254 e. The second kappa shape index (κ2) is 7.19. The Kier molecular flexibility index (Phi) is 5.27. The van der Waals surface area contributed by atoms with Crippen LogP contribution in [0.1, 0.15) is 42.5 Å². The summed E-state index contributed by atoms with van der Waals surface area (Å²) in [5.41, 5.74) is 0.0501. The number of ether oxygens (including phenoxy) is 1. The van der Waals surface area contributed by atoms with Gasteiger partial charge < -0.3 is 10.1 Å². The van der Waals surface area contributed by atoms with Gasteiger partial charge in [-0.05, 0) is 38.2 Å². The first-order chi connectivity index (χ1) is 9.27. The van der Waals surface area contributed by atoms with Crippen LogP contribution in [0.15, 0.2) is 18.5 Å². The Morgan fingerprint density at radius 1 is 1.53 bits per heavy atom. The van der Waals surface area contributed by atoms with Gasteiger partial charge in [0.15, 0.2) is 5.82 Å². The molecule has 0 radical (unpaired) electrons. The highest BCUT2D eigenvalue weighted by Gasteiger charge is 2.14. The number of hydrogen-bond acceptors (Lipinski definition) is 3. The average molecular weight is 266 g/mol. The largest absolute Gasteiger partial charge is 0.378 e. The van der Waals surface area contributed by atoms with Crippen molar-refractivity contribution in [3.63, 3.8) is 0 Å². The Morgan fingerprint density at radius 2 is 2.42 bits per heavy atom. The monoisotopic (exact) mass is 266 g/mol. The molecule has 0 bridgehead atoms. The van der Waals surface area contributed by atoms with Crippen molar-refractivity contribution in [3.05, 3.63) is 29.8 Å². The third-order valence-electron chi connectivity index (χ3n) is 3.28. The lowest BCUT2D eigenvalue weighted by Crippen LogP contribution is -2.25. The van der Waals surface area contributed by atoms with E-state index in [-0.39, 0.29) is 11.5 Å². The van der Waals surface area contributed by atoms with Crippen molar-refractivity contribution in [2.45, 2.75) is 38.2 Å². The molecule has 0 unspecified atom stereocenters. The number of nitrogens with zero attached hydrogens (tertiary/aromatic N) is 1. The molecule has 0 aliphatic carbocycles. The van der Waals surface area contributed by atoms with Gasteiger partial charge >= 0.3 is 0 Å². The van der Waals surface area contributed by atoms with Gasteiger partial charge in [0.05, 0.1) is 17.9 Å². The van der Waals surface area contributed by atoms with Gasteiger partial charge in [0.1, 0.15) is 0 Å². The number of pyridine rings is 1. The summed E-state index contributed by atoms with van der Waals surface area (Å²) in [6.07, 6.45) is 8.11. The first kappa shape index (κ1) is 13.9. The van der Waals surface area contributed by atoms with Crippen molar-refractivity contribution in [3.8, 4) is 0 Å². The number of carbonyl (C=O) groups excluding carboxylic acids is 1. The van der Waals surface area contributed by atoms with Crippen LogP contribution in [0.25, 0.3) is 0 Å². The number of rotatable bonds is 6. The molecule has 5 heteroatoms. The van der Waals surface area contributed by atoms with Gasteiger partial charge in [-0.3, -0.25) is 9.78 Å². The number of halogens is 1. The summed E-state index contributed by atoms with van der Waals surface area (Å²) in [4.78, 5) is 15.3. The minimum absolute atomic E-state index is 0.0501. The van der Waals surface area contributed by atoms with Gasteiger partial charge in [-0.25, -0.2) is 4.39 Å².